The van der Waals surface area contributed by atoms with E-state index >= 15 is 0 Å². The van der Waals surface area contributed by atoms with Crippen molar-refractivity contribution >= 4 is 43.1 Å². The number of fused-ring (bicyclic) bond motifs is 1. The van der Waals surface area contributed by atoms with Crippen molar-refractivity contribution in [3.63, 3.8) is 0 Å². The van der Waals surface area contributed by atoms with Crippen LogP contribution in [0.15, 0.2) is 63.9 Å². The van der Waals surface area contributed by atoms with Crippen LogP contribution in [0.5, 0.6) is 5.75 Å². The van der Waals surface area contributed by atoms with Gasteiger partial charge in [0.05, 0.1) is 20.8 Å². The Balaban J connectivity index is 2.20. The molecule has 0 radical (unpaired) electrons. The molecule has 0 saturated heterocycles. The fourth-order valence-corrected chi connectivity index (χ4v) is 6.72. The Morgan fingerprint density at radius 2 is 1.97 bits per heavy atom. The fourth-order valence-electron chi connectivity index (χ4n) is 4.12. The maximum atomic E-state index is 13.6. The number of ether oxygens (including phenoxy) is 1. The first-order valence-corrected chi connectivity index (χ1v) is 13.2. The summed E-state index contributed by atoms with van der Waals surface area (Å²) in [4.78, 5) is 12.8. The molecule has 0 saturated carbocycles. The molecule has 0 bridgehead atoms. The van der Waals surface area contributed by atoms with Gasteiger partial charge in [-0.15, -0.1) is 0 Å². The number of carbonyl (C=O) groups is 1. The third-order valence-corrected chi connectivity index (χ3v) is 8.61. The van der Waals surface area contributed by atoms with E-state index < -0.39 is 27.0 Å². The highest BCUT2D eigenvalue weighted by atomic mass is 79.9. The standard InChI is InChI=1S/C24H27BrFNO5S/c1-3-5-11-24(4-2)15-27(17-9-7-6-8-10-17)20-12-18(25)21(32-14-19(26)23(28)29)13-22(20)33(30,31)16-24/h6-10,12-14H,3-5,11,15-16H2,1-2H3,(H,28,29)/b19-14-/t24-/m1/s1. The number of rotatable bonds is 8. The van der Waals surface area contributed by atoms with Crippen LogP contribution in [-0.2, 0) is 14.6 Å². The highest BCUT2D eigenvalue weighted by Crippen LogP contribution is 2.46. The number of sulfone groups is 1. The van der Waals surface area contributed by atoms with Crippen LogP contribution in [-0.4, -0.2) is 31.8 Å². The Labute approximate surface area is 202 Å². The molecule has 0 amide bonds. The van der Waals surface area contributed by atoms with Gasteiger partial charge in [-0.05, 0) is 47.0 Å². The van der Waals surface area contributed by atoms with Crippen LogP contribution in [0.2, 0.25) is 0 Å². The molecule has 2 aromatic rings. The second-order valence-electron chi connectivity index (χ2n) is 8.28. The van der Waals surface area contributed by atoms with Crippen LogP contribution in [0.1, 0.15) is 39.5 Å². The minimum Gasteiger partial charge on any atom is -0.476 e. The number of nitrogens with zero attached hydrogens (tertiary/aromatic N) is 1. The first-order valence-electron chi connectivity index (χ1n) is 10.8. The average molecular weight is 540 g/mol. The summed E-state index contributed by atoms with van der Waals surface area (Å²) in [5, 5.41) is 8.72. The van der Waals surface area contributed by atoms with E-state index in [0.717, 1.165) is 24.9 Å². The summed E-state index contributed by atoms with van der Waals surface area (Å²) in [5.41, 5.74) is 0.907. The maximum absolute atomic E-state index is 13.6. The largest absolute Gasteiger partial charge is 0.476 e. The zero-order valence-corrected chi connectivity index (χ0v) is 21.0. The summed E-state index contributed by atoms with van der Waals surface area (Å²) in [6, 6.07) is 12.5. The molecule has 0 unspecified atom stereocenters. The Kier molecular flexibility index (Phi) is 7.84. The lowest BCUT2D eigenvalue weighted by Crippen LogP contribution is -2.37. The second kappa shape index (κ2) is 10.3. The van der Waals surface area contributed by atoms with Gasteiger partial charge in [-0.3, -0.25) is 0 Å². The number of hydrogen-bond donors (Lipinski definition) is 1. The van der Waals surface area contributed by atoms with Gasteiger partial charge in [0.1, 0.15) is 12.0 Å². The van der Waals surface area contributed by atoms with Gasteiger partial charge in [0.15, 0.2) is 9.84 Å². The second-order valence-corrected chi connectivity index (χ2v) is 11.1. The molecule has 9 heteroatoms. The Morgan fingerprint density at radius 3 is 2.58 bits per heavy atom. The molecule has 0 fully saturated rings. The van der Waals surface area contributed by atoms with Crippen molar-refractivity contribution in [1.29, 1.82) is 0 Å². The van der Waals surface area contributed by atoms with Crippen molar-refractivity contribution in [1.82, 2.24) is 0 Å². The van der Waals surface area contributed by atoms with Crippen molar-refractivity contribution in [3.05, 3.63) is 59.0 Å². The van der Waals surface area contributed by atoms with E-state index in [0.29, 0.717) is 29.4 Å². The number of carboxylic acids is 1. The van der Waals surface area contributed by atoms with Gasteiger partial charge in [0, 0.05) is 23.7 Å². The molecule has 1 atom stereocenters. The molecule has 0 spiro atoms. The molecule has 1 aliphatic rings. The summed E-state index contributed by atoms with van der Waals surface area (Å²) in [5.74, 6) is -3.27. The highest BCUT2D eigenvalue weighted by Gasteiger charge is 2.41. The zero-order valence-electron chi connectivity index (χ0n) is 18.6. The van der Waals surface area contributed by atoms with Crippen molar-refractivity contribution < 1.29 is 27.4 Å². The summed E-state index contributed by atoms with van der Waals surface area (Å²) in [7, 11) is -3.74. The number of aliphatic carboxylic acids is 1. The van der Waals surface area contributed by atoms with Gasteiger partial charge in [-0.2, -0.15) is 4.39 Å². The lowest BCUT2D eigenvalue weighted by molar-refractivity contribution is -0.134. The molecular weight excluding hydrogens is 513 g/mol. The molecule has 6 nitrogen and oxygen atoms in total. The number of benzene rings is 2. The summed E-state index contributed by atoms with van der Waals surface area (Å²) in [6.07, 6.45) is 3.80. The van der Waals surface area contributed by atoms with E-state index in [4.69, 9.17) is 9.84 Å². The lowest BCUT2D eigenvalue weighted by Gasteiger charge is -2.36. The van der Waals surface area contributed by atoms with Gasteiger partial charge < -0.3 is 14.7 Å². The number of unbranched alkanes of at least 4 members (excludes halogenated alkanes) is 1. The molecule has 2 aromatic carbocycles. The number of halogens is 2. The molecule has 178 valence electrons. The van der Waals surface area contributed by atoms with Crippen LogP contribution < -0.4 is 9.64 Å². The van der Waals surface area contributed by atoms with Crippen molar-refractivity contribution in [2.75, 3.05) is 17.2 Å². The topological polar surface area (TPSA) is 83.9 Å². The molecule has 1 aliphatic heterocycles. The van der Waals surface area contributed by atoms with Crippen LogP contribution in [0.3, 0.4) is 0 Å². The monoisotopic (exact) mass is 539 g/mol. The van der Waals surface area contributed by atoms with Gasteiger partial charge >= 0.3 is 5.97 Å². The Bertz CT molecular complexity index is 1150. The summed E-state index contributed by atoms with van der Waals surface area (Å²) < 4.78 is 46.3. The number of anilines is 2. The van der Waals surface area contributed by atoms with E-state index in [1.807, 2.05) is 42.2 Å². The number of para-hydroxylation sites is 1. The van der Waals surface area contributed by atoms with Gasteiger partial charge in [0.2, 0.25) is 5.83 Å². The molecule has 0 aromatic heterocycles. The van der Waals surface area contributed by atoms with E-state index in [-0.39, 0.29) is 16.4 Å². The minimum absolute atomic E-state index is 0.0132. The smallest absolute Gasteiger partial charge is 0.368 e. The highest BCUT2D eigenvalue weighted by molar-refractivity contribution is 9.10. The predicted molar refractivity (Wildman–Crippen MR) is 129 cm³/mol. The Hall–Kier alpha value is -2.39. The molecule has 1 heterocycles. The fraction of sp³-hybridized carbons (Fsp3) is 0.375. The molecule has 0 aliphatic carbocycles. The molecular formula is C24H27BrFNO5S. The lowest BCUT2D eigenvalue weighted by atomic mass is 9.81. The molecule has 3 rings (SSSR count). The summed E-state index contributed by atoms with van der Waals surface area (Å²) >= 11 is 3.37. The maximum Gasteiger partial charge on any atom is 0.368 e. The third kappa shape index (κ3) is 5.58. The average Bonchev–Trinajstić information content (AvgIpc) is 2.88. The van der Waals surface area contributed by atoms with Crippen LogP contribution in [0.4, 0.5) is 15.8 Å². The first-order chi connectivity index (χ1) is 15.6. The third-order valence-electron chi connectivity index (χ3n) is 6.00. The zero-order chi connectivity index (χ0) is 24.2. The minimum atomic E-state index is -3.74. The predicted octanol–water partition coefficient (Wildman–Crippen LogP) is 6.24. The van der Waals surface area contributed by atoms with Crippen LogP contribution >= 0.6 is 15.9 Å². The van der Waals surface area contributed by atoms with E-state index in [9.17, 15) is 17.6 Å². The first kappa shape index (κ1) is 25.2. The van der Waals surface area contributed by atoms with Crippen molar-refractivity contribution in [2.45, 2.75) is 44.4 Å². The van der Waals surface area contributed by atoms with Gasteiger partial charge in [-0.25, -0.2) is 13.2 Å². The van der Waals surface area contributed by atoms with Crippen molar-refractivity contribution in [2.24, 2.45) is 5.41 Å². The van der Waals surface area contributed by atoms with Crippen molar-refractivity contribution in [3.8, 4) is 5.75 Å². The number of carboxylic acid groups (broad SMARTS) is 1. The summed E-state index contributed by atoms with van der Waals surface area (Å²) in [6.45, 7) is 4.64. The van der Waals surface area contributed by atoms with E-state index in [2.05, 4.69) is 22.9 Å². The molecule has 1 N–H and O–H groups in total. The van der Waals surface area contributed by atoms with Crippen LogP contribution in [0.25, 0.3) is 0 Å². The SMILES string of the molecule is CCCC[C@]1(CC)CN(c2ccccc2)c2cc(Br)c(O/C=C(\F)C(=O)O)cc2S(=O)(=O)C1. The quantitative estimate of drug-likeness (QED) is 0.316. The normalized spacial score (nSPS) is 20.1. The molecule has 33 heavy (non-hydrogen) atoms. The van der Waals surface area contributed by atoms with E-state index in [1.54, 1.807) is 6.07 Å². The number of hydrogen-bond acceptors (Lipinski definition) is 5. The Morgan fingerprint density at radius 1 is 1.27 bits per heavy atom. The van der Waals surface area contributed by atoms with Gasteiger partial charge in [0.25, 0.3) is 0 Å². The van der Waals surface area contributed by atoms with Crippen LogP contribution in [0, 0.1) is 5.41 Å². The van der Waals surface area contributed by atoms with E-state index in [1.165, 1.54) is 6.07 Å². The van der Waals surface area contributed by atoms with Gasteiger partial charge in [-0.1, -0.05) is 44.9 Å².